The van der Waals surface area contributed by atoms with Crippen molar-refractivity contribution in [1.29, 1.82) is 0 Å². The second-order valence-corrected chi connectivity index (χ2v) is 6.00. The van der Waals surface area contributed by atoms with Crippen LogP contribution < -0.4 is 22.5 Å². The van der Waals surface area contributed by atoms with Gasteiger partial charge in [0.25, 0.3) is 0 Å². The molecule has 0 aliphatic heterocycles. The number of rotatable bonds is 7. The maximum atomic E-state index is 5.65. The zero-order valence-electron chi connectivity index (χ0n) is 10.4. The van der Waals surface area contributed by atoms with Gasteiger partial charge in [-0.2, -0.15) is 13.7 Å². The maximum absolute atomic E-state index is 5.65. The number of guanidine groups is 1. The molecule has 11 heteroatoms. The summed E-state index contributed by atoms with van der Waals surface area (Å²) in [5.74, 6) is 1.27. The minimum atomic E-state index is 0.0171. The second kappa shape index (κ2) is 7.38. The van der Waals surface area contributed by atoms with Crippen molar-refractivity contribution in [3.8, 4) is 0 Å². The molecule has 0 spiro atoms. The topological polar surface area (TPSA) is 141 Å². The molecular formula is C9H14N8S3. The Balaban J connectivity index is 1.67. The Labute approximate surface area is 128 Å². The van der Waals surface area contributed by atoms with Crippen molar-refractivity contribution in [1.82, 2.24) is 19.0 Å². The summed E-state index contributed by atoms with van der Waals surface area (Å²) in [4.78, 5) is 8.15. The van der Waals surface area contributed by atoms with Gasteiger partial charge in [-0.1, -0.05) is 11.8 Å². The molecule has 2 aromatic heterocycles. The van der Waals surface area contributed by atoms with Gasteiger partial charge in [-0.15, -0.1) is 11.3 Å². The van der Waals surface area contributed by atoms with Gasteiger partial charge in [-0.3, -0.25) is 0 Å². The summed E-state index contributed by atoms with van der Waals surface area (Å²) in [5.41, 5.74) is 17.1. The van der Waals surface area contributed by atoms with Crippen molar-refractivity contribution in [2.24, 2.45) is 16.5 Å². The number of nitrogens with zero attached hydrogens (tertiary/aromatic N) is 4. The first-order chi connectivity index (χ1) is 9.65. The molecule has 0 amide bonds. The van der Waals surface area contributed by atoms with Crippen molar-refractivity contribution in [3.05, 3.63) is 11.1 Å². The first-order valence-corrected chi connectivity index (χ1v) is 8.20. The number of nitrogens with two attached hydrogens (primary N) is 3. The summed E-state index contributed by atoms with van der Waals surface area (Å²) in [5, 5.41) is 6.64. The first-order valence-electron chi connectivity index (χ1n) is 5.60. The number of hydrogen-bond donors (Lipinski definition) is 4. The fourth-order valence-electron chi connectivity index (χ4n) is 1.27. The van der Waals surface area contributed by atoms with Gasteiger partial charge < -0.3 is 22.5 Å². The van der Waals surface area contributed by atoms with Crippen molar-refractivity contribution in [3.63, 3.8) is 0 Å². The first kappa shape index (κ1) is 15.0. The summed E-state index contributed by atoms with van der Waals surface area (Å²) in [7, 11) is 0. The Bertz CT molecular complexity index is 573. The number of thiazole rings is 1. The standard InChI is InChI=1S/C9H14N8S3/c10-7-5(16-20-17-7)1-2-13-4-19-6-3-18-9(14-6)15-8(11)12/h3,13H,1-2,4H2,(H2,10,17)(H4,11,12,14,15). The molecule has 0 atom stereocenters. The lowest BCUT2D eigenvalue weighted by Crippen LogP contribution is -2.21. The van der Waals surface area contributed by atoms with Crippen LogP contribution in [0.15, 0.2) is 15.4 Å². The minimum Gasteiger partial charge on any atom is -0.381 e. The number of thioether (sulfide) groups is 1. The van der Waals surface area contributed by atoms with Crippen LogP contribution in [0.1, 0.15) is 5.69 Å². The molecule has 2 rings (SSSR count). The third kappa shape index (κ3) is 4.59. The lowest BCUT2D eigenvalue weighted by molar-refractivity contribution is 0.766. The number of anilines is 1. The van der Waals surface area contributed by atoms with E-state index in [9.17, 15) is 0 Å². The number of aliphatic imine (C=N–C) groups is 1. The van der Waals surface area contributed by atoms with E-state index in [4.69, 9.17) is 17.2 Å². The average molecular weight is 330 g/mol. The molecule has 8 nitrogen and oxygen atoms in total. The van der Waals surface area contributed by atoms with E-state index >= 15 is 0 Å². The van der Waals surface area contributed by atoms with Crippen LogP contribution in [0.25, 0.3) is 0 Å². The van der Waals surface area contributed by atoms with Crippen molar-refractivity contribution in [2.75, 3.05) is 18.2 Å². The lowest BCUT2D eigenvalue weighted by atomic mass is 10.3. The molecular weight excluding hydrogens is 316 g/mol. The molecule has 0 aromatic carbocycles. The molecule has 2 heterocycles. The molecule has 0 radical (unpaired) electrons. The fourth-order valence-corrected chi connectivity index (χ4v) is 3.37. The van der Waals surface area contributed by atoms with Crippen LogP contribution in [0.4, 0.5) is 10.9 Å². The fraction of sp³-hybridized carbons (Fsp3) is 0.333. The Kier molecular flexibility index (Phi) is 5.52. The predicted molar refractivity (Wildman–Crippen MR) is 84.3 cm³/mol. The largest absolute Gasteiger partial charge is 0.381 e. The molecule has 0 aliphatic rings. The van der Waals surface area contributed by atoms with Gasteiger partial charge >= 0.3 is 0 Å². The molecule has 2 aromatic rings. The van der Waals surface area contributed by atoms with Crippen molar-refractivity contribution < 1.29 is 0 Å². The van der Waals surface area contributed by atoms with Crippen LogP contribution in [-0.2, 0) is 6.42 Å². The van der Waals surface area contributed by atoms with Gasteiger partial charge in [0.2, 0.25) is 5.13 Å². The third-order valence-corrected chi connectivity index (χ3v) is 4.46. The highest BCUT2D eigenvalue weighted by molar-refractivity contribution is 7.99. The van der Waals surface area contributed by atoms with Crippen molar-refractivity contribution >= 4 is 51.7 Å². The van der Waals surface area contributed by atoms with E-state index in [0.29, 0.717) is 10.9 Å². The summed E-state index contributed by atoms with van der Waals surface area (Å²) in [6.07, 6.45) is 0.763. The van der Waals surface area contributed by atoms with Gasteiger partial charge in [-0.05, 0) is 0 Å². The van der Waals surface area contributed by atoms with Gasteiger partial charge in [-0.25, -0.2) is 4.98 Å². The molecule has 0 fully saturated rings. The quantitative estimate of drug-likeness (QED) is 0.187. The molecule has 0 aliphatic carbocycles. The molecule has 0 saturated carbocycles. The van der Waals surface area contributed by atoms with E-state index in [1.54, 1.807) is 11.8 Å². The summed E-state index contributed by atoms with van der Waals surface area (Å²) >= 11 is 4.12. The zero-order chi connectivity index (χ0) is 14.4. The maximum Gasteiger partial charge on any atom is 0.213 e. The Morgan fingerprint density at radius 2 is 2.25 bits per heavy atom. The van der Waals surface area contributed by atoms with E-state index in [2.05, 4.69) is 24.0 Å². The molecule has 0 bridgehead atoms. The monoisotopic (exact) mass is 330 g/mol. The highest BCUT2D eigenvalue weighted by atomic mass is 32.2. The van der Waals surface area contributed by atoms with Gasteiger partial charge in [0.1, 0.15) is 5.03 Å². The Hall–Kier alpha value is -1.43. The van der Waals surface area contributed by atoms with Crippen LogP contribution >= 0.6 is 34.8 Å². The Morgan fingerprint density at radius 3 is 2.95 bits per heavy atom. The van der Waals surface area contributed by atoms with Crippen LogP contribution in [0.5, 0.6) is 0 Å². The normalized spacial score (nSPS) is 10.6. The number of nitrogens with one attached hydrogen (secondary N) is 1. The highest BCUT2D eigenvalue weighted by Crippen LogP contribution is 2.25. The van der Waals surface area contributed by atoms with Gasteiger partial charge in [0.05, 0.1) is 17.4 Å². The molecule has 108 valence electrons. The summed E-state index contributed by atoms with van der Waals surface area (Å²) < 4.78 is 8.04. The minimum absolute atomic E-state index is 0.0171. The van der Waals surface area contributed by atoms with Crippen molar-refractivity contribution in [2.45, 2.75) is 11.4 Å². The van der Waals surface area contributed by atoms with E-state index < -0.39 is 0 Å². The summed E-state index contributed by atoms with van der Waals surface area (Å²) in [6.45, 7) is 0.785. The predicted octanol–water partition coefficient (Wildman–Crippen LogP) is 0.364. The van der Waals surface area contributed by atoms with Crippen LogP contribution in [0.3, 0.4) is 0 Å². The van der Waals surface area contributed by atoms with Gasteiger partial charge in [0, 0.05) is 24.2 Å². The zero-order valence-corrected chi connectivity index (χ0v) is 12.9. The molecule has 7 N–H and O–H groups in total. The Morgan fingerprint density at radius 1 is 1.40 bits per heavy atom. The van der Waals surface area contributed by atoms with Crippen LogP contribution in [0.2, 0.25) is 0 Å². The van der Waals surface area contributed by atoms with Crippen LogP contribution in [0, 0.1) is 0 Å². The van der Waals surface area contributed by atoms with E-state index in [1.165, 1.54) is 11.3 Å². The number of aromatic nitrogens is 3. The second-order valence-electron chi connectivity index (χ2n) is 3.64. The number of nitrogen functional groups attached to an aromatic ring is 1. The molecule has 0 unspecified atom stereocenters. The SMILES string of the molecule is NC(N)=Nc1nc(SCNCCc2nsnc2N)cs1. The molecule has 0 saturated heterocycles. The van der Waals surface area contributed by atoms with E-state index in [0.717, 1.165) is 41.3 Å². The van der Waals surface area contributed by atoms with Crippen LogP contribution in [-0.4, -0.2) is 32.1 Å². The lowest BCUT2D eigenvalue weighted by Gasteiger charge is -2.01. The average Bonchev–Trinajstić information content (AvgIpc) is 2.98. The smallest absolute Gasteiger partial charge is 0.213 e. The van der Waals surface area contributed by atoms with E-state index in [1.807, 2.05) is 5.38 Å². The summed E-state index contributed by atoms with van der Waals surface area (Å²) in [6, 6.07) is 0. The third-order valence-electron chi connectivity index (χ3n) is 2.14. The van der Waals surface area contributed by atoms with E-state index in [-0.39, 0.29) is 5.96 Å². The highest BCUT2D eigenvalue weighted by Gasteiger charge is 2.04. The molecule has 20 heavy (non-hydrogen) atoms. The van der Waals surface area contributed by atoms with Gasteiger partial charge in [0.15, 0.2) is 11.8 Å². The number of hydrogen-bond acceptors (Lipinski definition) is 9.